The van der Waals surface area contributed by atoms with E-state index in [4.69, 9.17) is 0 Å². The summed E-state index contributed by atoms with van der Waals surface area (Å²) in [6.45, 7) is 14.7. The molecule has 0 saturated heterocycles. The van der Waals surface area contributed by atoms with Gasteiger partial charge in [0.25, 0.3) is 0 Å². The normalized spacial score (nSPS) is 9.33. The first kappa shape index (κ1) is 22.2. The Labute approximate surface area is 133 Å². The van der Waals surface area contributed by atoms with Crippen molar-refractivity contribution in [3.05, 3.63) is 35.4 Å². The number of Topliss-reactive ketones (excluding diaryl/α,β-unsaturated/α-hetero) is 1. The van der Waals surface area contributed by atoms with Gasteiger partial charge in [-0.3, -0.25) is 4.79 Å². The standard InChI is InChI=1S/C12H16O.C6H14.C2H6/c1-3-12(13)8-7-11-6-4-5-10(2)9-11;1-4-5-6(2)3;1-2/h4-6,9H,3,7-8H2,1-2H3;6H,4-5H2,1-3H3;1-2H3. The highest BCUT2D eigenvalue weighted by molar-refractivity contribution is 5.78. The molecular weight excluding hydrogens is 256 g/mol. The summed E-state index contributed by atoms with van der Waals surface area (Å²) in [4.78, 5) is 11.1. The maximum Gasteiger partial charge on any atom is 0.132 e. The highest BCUT2D eigenvalue weighted by Gasteiger charge is 1.99. The SMILES string of the molecule is CC.CCC(=O)CCc1cccc(C)c1.CCCC(C)C. The van der Waals surface area contributed by atoms with Gasteiger partial charge in [-0.1, -0.05) is 84.2 Å². The van der Waals surface area contributed by atoms with Crippen LogP contribution in [0.5, 0.6) is 0 Å². The minimum absolute atomic E-state index is 0.349. The van der Waals surface area contributed by atoms with Gasteiger partial charge in [0.2, 0.25) is 0 Å². The lowest BCUT2D eigenvalue weighted by Gasteiger charge is -2.00. The van der Waals surface area contributed by atoms with Crippen LogP contribution < -0.4 is 0 Å². The van der Waals surface area contributed by atoms with E-state index in [2.05, 4.69) is 45.9 Å². The van der Waals surface area contributed by atoms with Crippen molar-refractivity contribution < 1.29 is 4.79 Å². The Morgan fingerprint density at radius 2 is 1.76 bits per heavy atom. The van der Waals surface area contributed by atoms with Crippen molar-refractivity contribution in [1.82, 2.24) is 0 Å². The largest absolute Gasteiger partial charge is 0.300 e. The predicted octanol–water partition coefficient (Wildman–Crippen LogP) is 6.38. The van der Waals surface area contributed by atoms with Crippen LogP contribution in [0.4, 0.5) is 0 Å². The van der Waals surface area contributed by atoms with E-state index in [-0.39, 0.29) is 0 Å². The molecule has 1 nitrogen and oxygen atoms in total. The minimum atomic E-state index is 0.349. The number of rotatable bonds is 6. The van der Waals surface area contributed by atoms with E-state index in [1.54, 1.807) is 0 Å². The fourth-order valence-electron chi connectivity index (χ4n) is 1.91. The monoisotopic (exact) mass is 292 g/mol. The fraction of sp³-hybridized carbons (Fsp3) is 0.650. The third-order valence-corrected chi connectivity index (χ3v) is 3.04. The van der Waals surface area contributed by atoms with E-state index in [9.17, 15) is 4.79 Å². The van der Waals surface area contributed by atoms with E-state index < -0.39 is 0 Å². The summed E-state index contributed by atoms with van der Waals surface area (Å²) in [5.41, 5.74) is 2.53. The molecule has 0 unspecified atom stereocenters. The highest BCUT2D eigenvalue weighted by Crippen LogP contribution is 2.07. The van der Waals surface area contributed by atoms with Crippen molar-refractivity contribution in [3.63, 3.8) is 0 Å². The molecule has 1 heteroatoms. The van der Waals surface area contributed by atoms with Gasteiger partial charge in [-0.15, -0.1) is 0 Å². The molecule has 0 fully saturated rings. The molecule has 0 bridgehead atoms. The van der Waals surface area contributed by atoms with Crippen LogP contribution >= 0.6 is 0 Å². The van der Waals surface area contributed by atoms with Crippen LogP contribution in [-0.4, -0.2) is 5.78 Å². The summed E-state index contributed by atoms with van der Waals surface area (Å²) in [5.74, 6) is 1.25. The zero-order valence-corrected chi connectivity index (χ0v) is 15.3. The first-order chi connectivity index (χ1) is 9.99. The molecular formula is C20H36O. The third-order valence-electron chi connectivity index (χ3n) is 3.04. The van der Waals surface area contributed by atoms with E-state index in [1.165, 1.54) is 24.0 Å². The van der Waals surface area contributed by atoms with Crippen LogP contribution in [0.25, 0.3) is 0 Å². The molecule has 0 heterocycles. The molecule has 0 aliphatic carbocycles. The van der Waals surface area contributed by atoms with E-state index >= 15 is 0 Å². The number of carbonyl (C=O) groups is 1. The summed E-state index contributed by atoms with van der Waals surface area (Å²) < 4.78 is 0. The van der Waals surface area contributed by atoms with Gasteiger partial charge in [-0.05, 0) is 24.8 Å². The summed E-state index contributed by atoms with van der Waals surface area (Å²) in [6, 6.07) is 8.34. The predicted molar refractivity (Wildman–Crippen MR) is 95.9 cm³/mol. The number of ketones is 1. The minimum Gasteiger partial charge on any atom is -0.300 e. The first-order valence-electron chi connectivity index (χ1n) is 8.56. The third kappa shape index (κ3) is 15.1. The van der Waals surface area contributed by atoms with Crippen LogP contribution in [-0.2, 0) is 11.2 Å². The molecule has 0 aliphatic rings. The molecule has 1 aromatic rings. The number of carbonyl (C=O) groups excluding carboxylic acids is 1. The molecule has 0 radical (unpaired) electrons. The second kappa shape index (κ2) is 15.3. The van der Waals surface area contributed by atoms with Crippen molar-refractivity contribution in [2.75, 3.05) is 0 Å². The molecule has 1 rings (SSSR count). The van der Waals surface area contributed by atoms with Gasteiger partial charge in [-0.25, -0.2) is 0 Å². The Hall–Kier alpha value is -1.11. The number of aryl methyl sites for hydroxylation is 2. The molecule has 0 aromatic heterocycles. The molecule has 0 spiro atoms. The molecule has 1 aromatic carbocycles. The summed E-state index contributed by atoms with van der Waals surface area (Å²) >= 11 is 0. The lowest BCUT2D eigenvalue weighted by molar-refractivity contribution is -0.118. The van der Waals surface area contributed by atoms with Crippen molar-refractivity contribution >= 4 is 5.78 Å². The Morgan fingerprint density at radius 1 is 1.14 bits per heavy atom. The maximum absolute atomic E-state index is 11.1. The molecule has 0 atom stereocenters. The smallest absolute Gasteiger partial charge is 0.132 e. The Kier molecular flexibility index (Phi) is 16.1. The van der Waals surface area contributed by atoms with E-state index in [1.807, 2.05) is 26.8 Å². The number of hydrogen-bond donors (Lipinski definition) is 0. The Balaban J connectivity index is 0. The van der Waals surface area contributed by atoms with Gasteiger partial charge >= 0.3 is 0 Å². The van der Waals surface area contributed by atoms with Gasteiger partial charge in [0.1, 0.15) is 5.78 Å². The van der Waals surface area contributed by atoms with Gasteiger partial charge in [0.15, 0.2) is 0 Å². The summed E-state index contributed by atoms with van der Waals surface area (Å²) in [6.07, 6.45) is 4.93. The van der Waals surface area contributed by atoms with Crippen molar-refractivity contribution in [3.8, 4) is 0 Å². The van der Waals surface area contributed by atoms with Crippen LogP contribution in [0.3, 0.4) is 0 Å². The van der Waals surface area contributed by atoms with Crippen molar-refractivity contribution in [2.45, 2.75) is 80.6 Å². The van der Waals surface area contributed by atoms with E-state index in [0.29, 0.717) is 18.6 Å². The topological polar surface area (TPSA) is 17.1 Å². The quantitative estimate of drug-likeness (QED) is 0.595. The van der Waals surface area contributed by atoms with Gasteiger partial charge in [0, 0.05) is 12.8 Å². The second-order valence-corrected chi connectivity index (χ2v) is 5.56. The van der Waals surface area contributed by atoms with Crippen LogP contribution in [0.15, 0.2) is 24.3 Å². The van der Waals surface area contributed by atoms with Crippen LogP contribution in [0.2, 0.25) is 0 Å². The van der Waals surface area contributed by atoms with Crippen LogP contribution in [0, 0.1) is 12.8 Å². The highest BCUT2D eigenvalue weighted by atomic mass is 16.1. The maximum atomic E-state index is 11.1. The lowest BCUT2D eigenvalue weighted by atomic mass is 10.0. The summed E-state index contributed by atoms with van der Waals surface area (Å²) in [7, 11) is 0. The van der Waals surface area contributed by atoms with E-state index in [0.717, 1.165) is 12.3 Å². The average Bonchev–Trinajstić information content (AvgIpc) is 2.47. The number of hydrogen-bond acceptors (Lipinski definition) is 1. The molecule has 0 aliphatic heterocycles. The molecule has 21 heavy (non-hydrogen) atoms. The fourth-order valence-corrected chi connectivity index (χ4v) is 1.91. The average molecular weight is 293 g/mol. The molecule has 0 N–H and O–H groups in total. The molecule has 122 valence electrons. The zero-order valence-electron chi connectivity index (χ0n) is 15.3. The van der Waals surface area contributed by atoms with Crippen molar-refractivity contribution in [1.29, 1.82) is 0 Å². The number of benzene rings is 1. The molecule has 0 amide bonds. The van der Waals surface area contributed by atoms with Gasteiger partial charge in [0.05, 0.1) is 0 Å². The van der Waals surface area contributed by atoms with Gasteiger partial charge in [-0.2, -0.15) is 0 Å². The molecule has 0 saturated carbocycles. The van der Waals surface area contributed by atoms with Gasteiger partial charge < -0.3 is 0 Å². The Bertz CT molecular complexity index is 353. The first-order valence-corrected chi connectivity index (χ1v) is 8.56. The van der Waals surface area contributed by atoms with Crippen LogP contribution in [0.1, 0.15) is 78.4 Å². The summed E-state index contributed by atoms with van der Waals surface area (Å²) in [5, 5.41) is 0. The van der Waals surface area contributed by atoms with Crippen molar-refractivity contribution in [2.24, 2.45) is 5.92 Å². The Morgan fingerprint density at radius 3 is 2.14 bits per heavy atom. The lowest BCUT2D eigenvalue weighted by Crippen LogP contribution is -1.97. The second-order valence-electron chi connectivity index (χ2n) is 5.56. The zero-order chi connectivity index (χ0) is 16.7.